The Labute approximate surface area is 166 Å². The minimum absolute atomic E-state index is 0.0171. The Morgan fingerprint density at radius 3 is 1.67 bits per heavy atom. The molecule has 1 unspecified atom stereocenters. The van der Waals surface area contributed by atoms with Crippen molar-refractivity contribution in [3.8, 4) is 0 Å². The molecule has 0 aromatic rings. The molecule has 0 spiro atoms. The van der Waals surface area contributed by atoms with Crippen LogP contribution in [0.5, 0.6) is 0 Å². The van der Waals surface area contributed by atoms with Gasteiger partial charge in [-0.25, -0.2) is 0 Å². The third-order valence-electron chi connectivity index (χ3n) is 3.97. The Balaban J connectivity index is 3.20. The highest BCUT2D eigenvalue weighted by Gasteiger charge is 2.08. The zero-order chi connectivity index (χ0) is 20.0. The van der Waals surface area contributed by atoms with E-state index in [9.17, 15) is 4.79 Å². The van der Waals surface area contributed by atoms with E-state index in [-0.39, 0.29) is 12.1 Å². The van der Waals surface area contributed by atoms with Crippen LogP contribution in [0.3, 0.4) is 0 Å². The van der Waals surface area contributed by atoms with Crippen molar-refractivity contribution in [2.75, 3.05) is 52.9 Å². The molecule has 27 heavy (non-hydrogen) atoms. The van der Waals surface area contributed by atoms with E-state index in [0.717, 1.165) is 32.3 Å². The van der Waals surface area contributed by atoms with E-state index in [1.807, 2.05) is 6.92 Å². The normalized spacial score (nSPS) is 12.3. The lowest BCUT2D eigenvalue weighted by Gasteiger charge is -2.13. The van der Waals surface area contributed by atoms with Gasteiger partial charge in [-0.15, -0.1) is 0 Å². The van der Waals surface area contributed by atoms with Gasteiger partial charge in [0, 0.05) is 19.6 Å². The molecule has 0 fully saturated rings. The fourth-order valence-corrected chi connectivity index (χ4v) is 2.35. The third-order valence-corrected chi connectivity index (χ3v) is 3.97. The van der Waals surface area contributed by atoms with Crippen LogP contribution in [0.25, 0.3) is 0 Å². The first-order valence-corrected chi connectivity index (χ1v) is 10.7. The Hall–Kier alpha value is -0.690. The molecule has 6 heteroatoms. The van der Waals surface area contributed by atoms with Gasteiger partial charge in [-0.2, -0.15) is 0 Å². The topological polar surface area (TPSA) is 63.2 Å². The molecule has 0 aliphatic heterocycles. The van der Waals surface area contributed by atoms with Gasteiger partial charge in [-0.05, 0) is 32.6 Å². The van der Waals surface area contributed by atoms with E-state index in [4.69, 9.17) is 23.7 Å². The van der Waals surface area contributed by atoms with E-state index < -0.39 is 0 Å². The molecule has 6 nitrogen and oxygen atoms in total. The van der Waals surface area contributed by atoms with E-state index in [1.54, 1.807) is 0 Å². The maximum Gasteiger partial charge on any atom is 0.306 e. The number of carbonyl (C=O) groups excluding carboxylic acids is 1. The Bertz CT molecular complexity index is 311. The molecule has 0 saturated carbocycles. The lowest BCUT2D eigenvalue weighted by atomic mass is 10.1. The Morgan fingerprint density at radius 2 is 1.15 bits per heavy atom. The second-order valence-corrected chi connectivity index (χ2v) is 6.70. The second-order valence-electron chi connectivity index (χ2n) is 6.70. The van der Waals surface area contributed by atoms with Crippen LogP contribution in [0.15, 0.2) is 0 Å². The predicted octanol–water partition coefficient (Wildman–Crippen LogP) is 4.15. The summed E-state index contributed by atoms with van der Waals surface area (Å²) in [5, 5.41) is 0. The summed E-state index contributed by atoms with van der Waals surface area (Å²) in [7, 11) is 0. The number of rotatable bonds is 21. The molecule has 0 aliphatic carbocycles. The molecule has 0 amide bonds. The van der Waals surface area contributed by atoms with Gasteiger partial charge < -0.3 is 23.7 Å². The van der Waals surface area contributed by atoms with Crippen LogP contribution in [-0.4, -0.2) is 64.9 Å². The molecule has 0 aliphatic rings. The van der Waals surface area contributed by atoms with E-state index in [2.05, 4.69) is 13.8 Å². The summed E-state index contributed by atoms with van der Waals surface area (Å²) in [5.74, 6) is -0.130. The van der Waals surface area contributed by atoms with Crippen molar-refractivity contribution in [3.63, 3.8) is 0 Å². The highest BCUT2D eigenvalue weighted by atomic mass is 16.6. The second kappa shape index (κ2) is 21.6. The number of hydrogen-bond donors (Lipinski definition) is 0. The fourth-order valence-electron chi connectivity index (χ4n) is 2.35. The average Bonchev–Trinajstić information content (AvgIpc) is 2.65. The van der Waals surface area contributed by atoms with Crippen LogP contribution >= 0.6 is 0 Å². The molecule has 0 N–H and O–H groups in total. The zero-order valence-corrected chi connectivity index (χ0v) is 17.8. The van der Waals surface area contributed by atoms with Crippen molar-refractivity contribution >= 4 is 5.97 Å². The zero-order valence-electron chi connectivity index (χ0n) is 17.8. The molecule has 162 valence electrons. The van der Waals surface area contributed by atoms with Crippen molar-refractivity contribution in [3.05, 3.63) is 0 Å². The molecule has 0 rings (SSSR count). The maximum atomic E-state index is 11.7. The van der Waals surface area contributed by atoms with Gasteiger partial charge in [0.05, 0.1) is 45.7 Å². The van der Waals surface area contributed by atoms with Gasteiger partial charge in [-0.3, -0.25) is 4.79 Å². The summed E-state index contributed by atoms with van der Waals surface area (Å²) < 4.78 is 27.1. The van der Waals surface area contributed by atoms with Crippen molar-refractivity contribution < 1.29 is 28.5 Å². The quantitative estimate of drug-likeness (QED) is 0.217. The van der Waals surface area contributed by atoms with Crippen molar-refractivity contribution in [1.29, 1.82) is 0 Å². The molecular weight excluding hydrogens is 348 g/mol. The summed E-state index contributed by atoms with van der Waals surface area (Å²) in [5.41, 5.74) is 0. The standard InChI is InChI=1S/C21H42O6/c1-4-6-8-10-20(3)27-21(22)11-9-13-24-15-17-26-19-18-25-16-14-23-12-7-5-2/h20H,4-19H2,1-3H3. The van der Waals surface area contributed by atoms with Crippen molar-refractivity contribution in [2.24, 2.45) is 0 Å². The van der Waals surface area contributed by atoms with Crippen LogP contribution in [0, 0.1) is 0 Å². The van der Waals surface area contributed by atoms with Crippen molar-refractivity contribution in [2.45, 2.75) is 78.2 Å². The first-order chi connectivity index (χ1) is 13.2. The molecule has 0 heterocycles. The van der Waals surface area contributed by atoms with Crippen LogP contribution in [0.4, 0.5) is 0 Å². The van der Waals surface area contributed by atoms with E-state index >= 15 is 0 Å². The van der Waals surface area contributed by atoms with Crippen LogP contribution in [0.1, 0.15) is 72.1 Å². The SMILES string of the molecule is CCCCCC(C)OC(=O)CCCOCCOCCOCCOCCCC. The minimum atomic E-state index is -0.130. The fraction of sp³-hybridized carbons (Fsp3) is 0.952. The largest absolute Gasteiger partial charge is 0.463 e. The highest BCUT2D eigenvalue weighted by Crippen LogP contribution is 2.07. The van der Waals surface area contributed by atoms with Crippen LogP contribution in [0.2, 0.25) is 0 Å². The number of hydrogen-bond acceptors (Lipinski definition) is 6. The van der Waals surface area contributed by atoms with Gasteiger partial charge in [0.2, 0.25) is 0 Å². The number of carbonyl (C=O) groups is 1. The van der Waals surface area contributed by atoms with Gasteiger partial charge in [0.1, 0.15) is 0 Å². The van der Waals surface area contributed by atoms with E-state index in [1.165, 1.54) is 12.8 Å². The summed E-state index contributed by atoms with van der Waals surface area (Å²) in [6.07, 6.45) is 7.80. The maximum absolute atomic E-state index is 11.7. The highest BCUT2D eigenvalue weighted by molar-refractivity contribution is 5.69. The van der Waals surface area contributed by atoms with Crippen LogP contribution in [-0.2, 0) is 28.5 Å². The summed E-state index contributed by atoms with van der Waals surface area (Å²) >= 11 is 0. The summed E-state index contributed by atoms with van der Waals surface area (Å²) in [4.78, 5) is 11.7. The molecular formula is C21H42O6. The number of esters is 1. The van der Waals surface area contributed by atoms with Crippen LogP contribution < -0.4 is 0 Å². The number of unbranched alkanes of at least 4 members (excludes halogenated alkanes) is 3. The average molecular weight is 391 g/mol. The van der Waals surface area contributed by atoms with Gasteiger partial charge in [0.25, 0.3) is 0 Å². The third kappa shape index (κ3) is 21.5. The monoisotopic (exact) mass is 390 g/mol. The first-order valence-electron chi connectivity index (χ1n) is 10.7. The summed E-state index contributed by atoms with van der Waals surface area (Å²) in [6.45, 7) is 11.1. The lowest BCUT2D eigenvalue weighted by molar-refractivity contribution is -0.149. The van der Waals surface area contributed by atoms with E-state index in [0.29, 0.717) is 59.1 Å². The predicted molar refractivity (Wildman–Crippen MR) is 107 cm³/mol. The molecule has 0 aromatic heterocycles. The Morgan fingerprint density at radius 1 is 0.667 bits per heavy atom. The van der Waals surface area contributed by atoms with Gasteiger partial charge >= 0.3 is 5.97 Å². The molecule has 0 radical (unpaired) electrons. The molecule has 1 atom stereocenters. The smallest absolute Gasteiger partial charge is 0.306 e. The van der Waals surface area contributed by atoms with Gasteiger partial charge in [-0.1, -0.05) is 33.1 Å². The summed E-state index contributed by atoms with van der Waals surface area (Å²) in [6, 6.07) is 0. The molecule has 0 aromatic carbocycles. The first kappa shape index (κ1) is 26.3. The van der Waals surface area contributed by atoms with Crippen molar-refractivity contribution in [1.82, 2.24) is 0 Å². The van der Waals surface area contributed by atoms with Gasteiger partial charge in [0.15, 0.2) is 0 Å². The minimum Gasteiger partial charge on any atom is -0.463 e. The number of ether oxygens (including phenoxy) is 5. The Kier molecular flexibility index (Phi) is 21.1. The molecule has 0 saturated heterocycles. The lowest BCUT2D eigenvalue weighted by Crippen LogP contribution is -2.15. The molecule has 0 bridgehead atoms.